The third-order valence-electron chi connectivity index (χ3n) is 6.97. The normalized spacial score (nSPS) is 16.4. The number of likely N-dealkylation sites (tertiary alicyclic amines) is 1. The molecule has 34 heavy (non-hydrogen) atoms. The highest BCUT2D eigenvalue weighted by Crippen LogP contribution is 2.28. The van der Waals surface area contributed by atoms with Gasteiger partial charge in [-0.25, -0.2) is 0 Å². The molecule has 3 aromatic heterocycles. The summed E-state index contributed by atoms with van der Waals surface area (Å²) < 4.78 is 9.80. The molecule has 0 radical (unpaired) electrons. The van der Waals surface area contributed by atoms with Crippen LogP contribution in [0.2, 0.25) is 0 Å². The summed E-state index contributed by atoms with van der Waals surface area (Å²) >= 11 is 0. The minimum Gasteiger partial charge on any atom is -0.493 e. The van der Waals surface area contributed by atoms with Gasteiger partial charge >= 0.3 is 0 Å². The van der Waals surface area contributed by atoms with Gasteiger partial charge in [0.05, 0.1) is 17.8 Å². The van der Waals surface area contributed by atoms with Gasteiger partial charge in [0.15, 0.2) is 0 Å². The van der Waals surface area contributed by atoms with Crippen molar-refractivity contribution in [1.82, 2.24) is 19.0 Å². The van der Waals surface area contributed by atoms with Crippen LogP contribution in [0.25, 0.3) is 16.6 Å². The van der Waals surface area contributed by atoms with E-state index in [-0.39, 0.29) is 5.56 Å². The highest BCUT2D eigenvalue weighted by Gasteiger charge is 2.22. The molecular weight excluding hydrogens is 424 g/mol. The Morgan fingerprint density at radius 3 is 2.82 bits per heavy atom. The molecule has 0 spiro atoms. The molecule has 6 nitrogen and oxygen atoms in total. The topological polar surface area (TPSA) is 52.3 Å². The lowest BCUT2D eigenvalue weighted by Crippen LogP contribution is -2.26. The van der Waals surface area contributed by atoms with Crippen LogP contribution in [0.15, 0.2) is 72.0 Å². The Bertz CT molecular complexity index is 1330. The summed E-state index contributed by atoms with van der Waals surface area (Å²) in [5.74, 6) is 0.589. The van der Waals surface area contributed by atoms with E-state index in [0.29, 0.717) is 18.4 Å². The Labute approximate surface area is 200 Å². The number of pyridine rings is 2. The van der Waals surface area contributed by atoms with Gasteiger partial charge in [-0.3, -0.25) is 14.3 Å². The summed E-state index contributed by atoms with van der Waals surface area (Å²) in [6.45, 7) is 4.76. The lowest BCUT2D eigenvalue weighted by molar-refractivity contribution is 0.309. The van der Waals surface area contributed by atoms with Crippen LogP contribution in [-0.2, 0) is 19.4 Å². The molecule has 0 aliphatic carbocycles. The van der Waals surface area contributed by atoms with E-state index in [2.05, 4.69) is 52.8 Å². The van der Waals surface area contributed by atoms with Crippen LogP contribution >= 0.6 is 0 Å². The van der Waals surface area contributed by atoms with E-state index < -0.39 is 0 Å². The molecule has 0 bridgehead atoms. The Morgan fingerprint density at radius 2 is 2.09 bits per heavy atom. The lowest BCUT2D eigenvalue weighted by Gasteiger charge is -2.18. The van der Waals surface area contributed by atoms with Gasteiger partial charge in [0.1, 0.15) is 5.75 Å². The Morgan fingerprint density at radius 1 is 1.18 bits per heavy atom. The van der Waals surface area contributed by atoms with Crippen LogP contribution in [0.3, 0.4) is 0 Å². The molecule has 0 saturated carbocycles. The van der Waals surface area contributed by atoms with Crippen molar-refractivity contribution in [1.29, 1.82) is 0 Å². The zero-order chi connectivity index (χ0) is 23.5. The van der Waals surface area contributed by atoms with Crippen molar-refractivity contribution in [3.63, 3.8) is 0 Å². The van der Waals surface area contributed by atoms with Gasteiger partial charge in [0, 0.05) is 55.2 Å². The van der Waals surface area contributed by atoms with Gasteiger partial charge in [0.2, 0.25) is 0 Å². The number of aromatic nitrogens is 3. The number of fused-ring (bicyclic) bond motifs is 1. The summed E-state index contributed by atoms with van der Waals surface area (Å²) in [6, 6.07) is 14.3. The number of benzene rings is 1. The maximum absolute atomic E-state index is 12.9. The second kappa shape index (κ2) is 9.85. The number of nitrogens with zero attached hydrogens (tertiary/aromatic N) is 4. The third-order valence-corrected chi connectivity index (χ3v) is 6.97. The first-order chi connectivity index (χ1) is 16.6. The molecule has 1 aromatic carbocycles. The SMILES string of the molecule is CCn1cc(CC2CCCN2C)c2ccc(-n3ccc(OCCc4cccnc4)cc3=O)cc21. The van der Waals surface area contributed by atoms with Gasteiger partial charge in [0.25, 0.3) is 5.56 Å². The fourth-order valence-electron chi connectivity index (χ4n) is 5.02. The maximum Gasteiger partial charge on any atom is 0.258 e. The van der Waals surface area contributed by atoms with E-state index in [1.807, 2.05) is 24.4 Å². The van der Waals surface area contributed by atoms with Crippen LogP contribution in [0.1, 0.15) is 30.9 Å². The first kappa shape index (κ1) is 22.4. The van der Waals surface area contributed by atoms with Crippen molar-refractivity contribution in [2.75, 3.05) is 20.2 Å². The molecule has 1 atom stereocenters. The summed E-state index contributed by atoms with van der Waals surface area (Å²) in [5, 5.41) is 1.29. The summed E-state index contributed by atoms with van der Waals surface area (Å²) in [5.41, 5.74) is 4.46. The monoisotopic (exact) mass is 456 g/mol. The number of rotatable bonds is 8. The molecule has 1 aliphatic heterocycles. The van der Waals surface area contributed by atoms with Crippen molar-refractivity contribution in [3.8, 4) is 11.4 Å². The van der Waals surface area contributed by atoms with E-state index in [9.17, 15) is 4.79 Å². The van der Waals surface area contributed by atoms with Crippen molar-refractivity contribution in [3.05, 3.63) is 88.7 Å². The number of hydrogen-bond donors (Lipinski definition) is 0. The summed E-state index contributed by atoms with van der Waals surface area (Å²) in [7, 11) is 2.23. The third kappa shape index (κ3) is 4.64. The molecular formula is C28H32N4O2. The number of aryl methyl sites for hydroxylation is 1. The predicted octanol–water partition coefficient (Wildman–Crippen LogP) is 4.47. The van der Waals surface area contributed by atoms with Gasteiger partial charge in [-0.05, 0) is 75.2 Å². The smallest absolute Gasteiger partial charge is 0.258 e. The maximum atomic E-state index is 12.9. The molecule has 176 valence electrons. The lowest BCUT2D eigenvalue weighted by atomic mass is 10.0. The molecule has 0 N–H and O–H groups in total. The summed E-state index contributed by atoms with van der Waals surface area (Å²) in [6.07, 6.45) is 12.1. The van der Waals surface area contributed by atoms with Gasteiger partial charge in [-0.2, -0.15) is 0 Å². The van der Waals surface area contributed by atoms with Gasteiger partial charge in [-0.1, -0.05) is 12.1 Å². The number of likely N-dealkylation sites (N-methyl/N-ethyl adjacent to an activating group) is 1. The zero-order valence-electron chi connectivity index (χ0n) is 20.0. The predicted molar refractivity (Wildman–Crippen MR) is 136 cm³/mol. The van der Waals surface area contributed by atoms with Crippen molar-refractivity contribution in [2.45, 2.75) is 45.2 Å². The molecule has 1 saturated heterocycles. The molecule has 6 heteroatoms. The van der Waals surface area contributed by atoms with Crippen LogP contribution < -0.4 is 10.3 Å². The molecule has 5 rings (SSSR count). The van der Waals surface area contributed by atoms with E-state index in [0.717, 1.165) is 30.6 Å². The molecule has 4 aromatic rings. The number of ether oxygens (including phenoxy) is 1. The van der Waals surface area contributed by atoms with Gasteiger partial charge in [-0.15, -0.1) is 0 Å². The van der Waals surface area contributed by atoms with Gasteiger partial charge < -0.3 is 14.2 Å². The average Bonchev–Trinajstić information content (AvgIpc) is 3.42. The van der Waals surface area contributed by atoms with Crippen LogP contribution in [0.5, 0.6) is 5.75 Å². The van der Waals surface area contributed by atoms with Crippen molar-refractivity contribution >= 4 is 10.9 Å². The first-order valence-electron chi connectivity index (χ1n) is 12.2. The average molecular weight is 457 g/mol. The summed E-state index contributed by atoms with van der Waals surface area (Å²) in [4.78, 5) is 19.5. The fourth-order valence-corrected chi connectivity index (χ4v) is 5.02. The van der Waals surface area contributed by atoms with E-state index in [1.165, 1.54) is 35.9 Å². The highest BCUT2D eigenvalue weighted by atomic mass is 16.5. The Hall–Kier alpha value is -3.38. The number of hydrogen-bond acceptors (Lipinski definition) is 4. The first-order valence-corrected chi connectivity index (χ1v) is 12.2. The zero-order valence-corrected chi connectivity index (χ0v) is 20.0. The Kier molecular flexibility index (Phi) is 6.50. The molecule has 1 aliphatic rings. The van der Waals surface area contributed by atoms with Crippen LogP contribution in [0.4, 0.5) is 0 Å². The van der Waals surface area contributed by atoms with E-state index >= 15 is 0 Å². The minimum atomic E-state index is -0.0966. The van der Waals surface area contributed by atoms with Crippen LogP contribution in [-0.4, -0.2) is 45.3 Å². The molecule has 1 fully saturated rings. The minimum absolute atomic E-state index is 0.0966. The van der Waals surface area contributed by atoms with Crippen molar-refractivity contribution < 1.29 is 4.74 Å². The largest absolute Gasteiger partial charge is 0.493 e. The second-order valence-corrected chi connectivity index (χ2v) is 9.15. The molecule has 1 unspecified atom stereocenters. The second-order valence-electron chi connectivity index (χ2n) is 9.15. The molecule has 0 amide bonds. The standard InChI is InChI=1S/C28H32N4O2/c1-3-31-20-22(16-23-7-5-13-30(23)2)26-9-8-24(17-27(26)31)32-14-10-25(18-28(32)33)34-15-11-21-6-4-12-29-19-21/h4,6,8-10,12,14,17-20,23H,3,5,7,11,13,15-16H2,1-2H3. The Balaban J connectivity index is 1.35. The molecule has 4 heterocycles. The van der Waals surface area contributed by atoms with Crippen molar-refractivity contribution in [2.24, 2.45) is 0 Å². The fraction of sp³-hybridized carbons (Fsp3) is 0.357. The van der Waals surface area contributed by atoms with Crippen LogP contribution in [0, 0.1) is 0 Å². The quantitative estimate of drug-likeness (QED) is 0.393. The van der Waals surface area contributed by atoms with E-state index in [1.54, 1.807) is 23.0 Å². The van der Waals surface area contributed by atoms with E-state index in [4.69, 9.17) is 4.74 Å². The highest BCUT2D eigenvalue weighted by molar-refractivity contribution is 5.86.